The van der Waals surface area contributed by atoms with E-state index in [1.807, 2.05) is 0 Å². The van der Waals surface area contributed by atoms with Crippen LogP contribution in [0.1, 0.15) is 67.9 Å². The zero-order chi connectivity index (χ0) is 13.5. The zero-order valence-corrected chi connectivity index (χ0v) is 12.9. The highest BCUT2D eigenvalue weighted by atomic mass is 32.1. The molecule has 2 atom stereocenters. The van der Waals surface area contributed by atoms with E-state index in [-0.39, 0.29) is 6.61 Å². The van der Waals surface area contributed by atoms with Crippen LogP contribution in [0.25, 0.3) is 0 Å². The lowest BCUT2D eigenvalue weighted by Crippen LogP contribution is -2.46. The molecular formula is C16H24N2OS. The van der Waals surface area contributed by atoms with Gasteiger partial charge in [0, 0.05) is 18.5 Å². The molecule has 3 nitrogen and oxygen atoms in total. The minimum Gasteiger partial charge on any atom is -0.391 e. The summed E-state index contributed by atoms with van der Waals surface area (Å²) in [7, 11) is 0. The van der Waals surface area contributed by atoms with E-state index < -0.39 is 0 Å². The first-order valence-corrected chi connectivity index (χ1v) is 9.05. The molecule has 4 rings (SSSR count). The van der Waals surface area contributed by atoms with Gasteiger partial charge in [-0.2, -0.15) is 0 Å². The molecule has 2 heterocycles. The van der Waals surface area contributed by atoms with Gasteiger partial charge in [-0.1, -0.05) is 24.2 Å². The monoisotopic (exact) mass is 292 g/mol. The third-order valence-corrected chi connectivity index (χ3v) is 6.41. The molecule has 3 aliphatic rings. The second kappa shape index (κ2) is 5.30. The first kappa shape index (κ1) is 13.1. The molecule has 20 heavy (non-hydrogen) atoms. The van der Waals surface area contributed by atoms with Crippen molar-refractivity contribution in [2.45, 2.75) is 69.9 Å². The second-order valence-corrected chi connectivity index (χ2v) is 7.75. The molecule has 0 aromatic carbocycles. The summed E-state index contributed by atoms with van der Waals surface area (Å²) >= 11 is 1.75. The smallest absolute Gasteiger partial charge is 0.186 e. The quantitative estimate of drug-likeness (QED) is 0.923. The molecular weight excluding hydrogens is 268 g/mol. The Labute approximate surface area is 125 Å². The van der Waals surface area contributed by atoms with Crippen molar-refractivity contribution in [1.29, 1.82) is 0 Å². The number of nitrogens with zero attached hydrogens (tertiary/aromatic N) is 2. The van der Waals surface area contributed by atoms with Crippen LogP contribution < -0.4 is 4.90 Å². The van der Waals surface area contributed by atoms with Crippen LogP contribution in [0.15, 0.2) is 0 Å². The molecule has 0 amide bonds. The standard InChI is InChI=1S/C16H24N2OS/c19-10-14-15(12-7-8-12)17-16(20-14)18-9-3-5-11-4-1-2-6-13(11)18/h11-13,19H,1-10H2/t11-,13-/m1/s1. The number of aliphatic hydroxyl groups is 1. The molecule has 1 aromatic heterocycles. The lowest BCUT2D eigenvalue weighted by Gasteiger charge is -2.44. The summed E-state index contributed by atoms with van der Waals surface area (Å²) in [6, 6.07) is 0.724. The third-order valence-electron chi connectivity index (χ3n) is 5.31. The molecule has 0 radical (unpaired) electrons. The molecule has 3 fully saturated rings. The van der Waals surface area contributed by atoms with Gasteiger partial charge in [-0.15, -0.1) is 0 Å². The number of fused-ring (bicyclic) bond motifs is 1. The number of aliphatic hydroxyl groups excluding tert-OH is 1. The van der Waals surface area contributed by atoms with Crippen LogP contribution in [0.4, 0.5) is 5.13 Å². The lowest BCUT2D eigenvalue weighted by atomic mass is 9.78. The van der Waals surface area contributed by atoms with Crippen molar-refractivity contribution in [1.82, 2.24) is 4.98 Å². The minimum atomic E-state index is 0.172. The van der Waals surface area contributed by atoms with Gasteiger partial charge in [0.05, 0.1) is 17.2 Å². The molecule has 0 spiro atoms. The van der Waals surface area contributed by atoms with E-state index in [0.717, 1.165) is 16.8 Å². The predicted molar refractivity (Wildman–Crippen MR) is 82.3 cm³/mol. The van der Waals surface area contributed by atoms with E-state index >= 15 is 0 Å². The van der Waals surface area contributed by atoms with Crippen molar-refractivity contribution in [2.75, 3.05) is 11.4 Å². The topological polar surface area (TPSA) is 36.4 Å². The highest BCUT2D eigenvalue weighted by Gasteiger charge is 2.36. The van der Waals surface area contributed by atoms with E-state index in [1.54, 1.807) is 11.3 Å². The maximum absolute atomic E-state index is 9.59. The average molecular weight is 292 g/mol. The lowest BCUT2D eigenvalue weighted by molar-refractivity contribution is 0.243. The SMILES string of the molecule is OCc1sc(N2CCC[C@H]3CCCC[C@H]32)nc1C1CC1. The Morgan fingerprint density at radius 3 is 2.70 bits per heavy atom. The Morgan fingerprint density at radius 1 is 1.10 bits per heavy atom. The largest absolute Gasteiger partial charge is 0.391 e. The normalized spacial score (nSPS) is 30.4. The minimum absolute atomic E-state index is 0.172. The predicted octanol–water partition coefficient (Wildman–Crippen LogP) is 3.67. The Balaban J connectivity index is 1.62. The van der Waals surface area contributed by atoms with Crippen molar-refractivity contribution < 1.29 is 5.11 Å². The fraction of sp³-hybridized carbons (Fsp3) is 0.812. The first-order chi connectivity index (χ1) is 9.86. The summed E-state index contributed by atoms with van der Waals surface area (Å²) in [5.41, 5.74) is 1.21. The summed E-state index contributed by atoms with van der Waals surface area (Å²) in [5.74, 6) is 1.54. The summed E-state index contributed by atoms with van der Waals surface area (Å²) in [6.07, 6.45) is 10.8. The Kier molecular flexibility index (Phi) is 3.47. The summed E-state index contributed by atoms with van der Waals surface area (Å²) in [4.78, 5) is 8.65. The summed E-state index contributed by atoms with van der Waals surface area (Å²) in [5, 5.41) is 10.8. The Morgan fingerprint density at radius 2 is 1.90 bits per heavy atom. The Hall–Kier alpha value is -0.610. The highest BCUT2D eigenvalue weighted by Crippen LogP contribution is 2.46. The fourth-order valence-corrected chi connectivity index (χ4v) is 5.21. The third kappa shape index (κ3) is 2.27. The van der Waals surface area contributed by atoms with E-state index in [1.165, 1.54) is 68.7 Å². The van der Waals surface area contributed by atoms with Gasteiger partial charge in [-0.05, 0) is 44.4 Å². The van der Waals surface area contributed by atoms with Crippen LogP contribution in [0.3, 0.4) is 0 Å². The van der Waals surface area contributed by atoms with E-state index in [4.69, 9.17) is 4.98 Å². The fourth-order valence-electron chi connectivity index (χ4n) is 4.12. The molecule has 0 bridgehead atoms. The van der Waals surface area contributed by atoms with Gasteiger partial charge in [-0.3, -0.25) is 0 Å². The van der Waals surface area contributed by atoms with Gasteiger partial charge in [0.1, 0.15) is 0 Å². The number of piperidine rings is 1. The van der Waals surface area contributed by atoms with Gasteiger partial charge >= 0.3 is 0 Å². The number of thiazole rings is 1. The number of hydrogen-bond acceptors (Lipinski definition) is 4. The molecule has 2 aliphatic carbocycles. The van der Waals surface area contributed by atoms with Crippen LogP contribution in [0.2, 0.25) is 0 Å². The van der Waals surface area contributed by atoms with E-state index in [0.29, 0.717) is 5.92 Å². The van der Waals surface area contributed by atoms with E-state index in [9.17, 15) is 5.11 Å². The average Bonchev–Trinajstić information content (AvgIpc) is 3.26. The number of rotatable bonds is 3. The highest BCUT2D eigenvalue weighted by molar-refractivity contribution is 7.15. The molecule has 2 saturated carbocycles. The molecule has 4 heteroatoms. The molecule has 1 aromatic rings. The van der Waals surface area contributed by atoms with Crippen LogP contribution in [-0.4, -0.2) is 22.7 Å². The summed E-state index contributed by atoms with van der Waals surface area (Å²) < 4.78 is 0. The van der Waals surface area contributed by atoms with Gasteiger partial charge < -0.3 is 10.0 Å². The van der Waals surface area contributed by atoms with Gasteiger partial charge in [0.2, 0.25) is 0 Å². The second-order valence-electron chi connectivity index (χ2n) is 6.68. The van der Waals surface area contributed by atoms with Crippen molar-refractivity contribution >= 4 is 16.5 Å². The van der Waals surface area contributed by atoms with Crippen molar-refractivity contribution in [2.24, 2.45) is 5.92 Å². The first-order valence-electron chi connectivity index (χ1n) is 8.24. The van der Waals surface area contributed by atoms with E-state index in [2.05, 4.69) is 4.90 Å². The summed E-state index contributed by atoms with van der Waals surface area (Å²) in [6.45, 7) is 1.34. The van der Waals surface area contributed by atoms with Crippen LogP contribution >= 0.6 is 11.3 Å². The maximum atomic E-state index is 9.59. The van der Waals surface area contributed by atoms with Gasteiger partial charge in [0.25, 0.3) is 0 Å². The Bertz CT molecular complexity index is 481. The number of anilines is 1. The molecule has 0 unspecified atom stereocenters. The van der Waals surface area contributed by atoms with Gasteiger partial charge in [-0.25, -0.2) is 4.98 Å². The zero-order valence-electron chi connectivity index (χ0n) is 12.1. The van der Waals surface area contributed by atoms with Crippen molar-refractivity contribution in [3.8, 4) is 0 Å². The maximum Gasteiger partial charge on any atom is 0.186 e. The van der Waals surface area contributed by atoms with Crippen molar-refractivity contribution in [3.05, 3.63) is 10.6 Å². The molecule has 1 N–H and O–H groups in total. The van der Waals surface area contributed by atoms with Crippen LogP contribution in [0, 0.1) is 5.92 Å². The number of hydrogen-bond donors (Lipinski definition) is 1. The van der Waals surface area contributed by atoms with Crippen molar-refractivity contribution in [3.63, 3.8) is 0 Å². The molecule has 110 valence electrons. The number of aromatic nitrogens is 1. The molecule has 1 aliphatic heterocycles. The van der Waals surface area contributed by atoms with Gasteiger partial charge in [0.15, 0.2) is 5.13 Å². The van der Waals surface area contributed by atoms with Crippen LogP contribution in [0.5, 0.6) is 0 Å². The molecule has 1 saturated heterocycles. The van der Waals surface area contributed by atoms with Crippen LogP contribution in [-0.2, 0) is 6.61 Å².